The molecule has 0 atom stereocenters. The summed E-state index contributed by atoms with van der Waals surface area (Å²) in [5.41, 5.74) is 3.22. The molecular formula is C21H23N3O5S. The Hall–Kier alpha value is -3.17. The van der Waals surface area contributed by atoms with Gasteiger partial charge in [0.1, 0.15) is 17.3 Å². The third-order valence-corrected chi connectivity index (χ3v) is 5.32. The molecule has 0 saturated carbocycles. The lowest BCUT2D eigenvalue weighted by atomic mass is 10.2. The number of amidine groups is 1. The van der Waals surface area contributed by atoms with Crippen LogP contribution in [0.3, 0.4) is 0 Å². The molecule has 30 heavy (non-hydrogen) atoms. The van der Waals surface area contributed by atoms with Crippen molar-refractivity contribution in [1.29, 1.82) is 0 Å². The van der Waals surface area contributed by atoms with Gasteiger partial charge in [0, 0.05) is 49.1 Å². The summed E-state index contributed by atoms with van der Waals surface area (Å²) in [5, 5.41) is 19.8. The van der Waals surface area contributed by atoms with E-state index in [2.05, 4.69) is 52.7 Å². The van der Waals surface area contributed by atoms with Crippen molar-refractivity contribution in [2.45, 2.75) is 6.92 Å². The highest BCUT2D eigenvalue weighted by atomic mass is 32.1. The molecule has 4 rings (SSSR count). The number of aliphatic carboxylic acids is 2. The van der Waals surface area contributed by atoms with Crippen molar-refractivity contribution in [3.63, 3.8) is 0 Å². The molecule has 158 valence electrons. The first-order valence-electron chi connectivity index (χ1n) is 9.34. The Morgan fingerprint density at radius 2 is 1.73 bits per heavy atom. The Labute approximate surface area is 178 Å². The molecule has 0 amide bonds. The fourth-order valence-corrected chi connectivity index (χ4v) is 3.74. The van der Waals surface area contributed by atoms with Crippen molar-refractivity contribution in [2.75, 3.05) is 33.2 Å². The molecule has 3 heterocycles. The number of hydrogen-bond donors (Lipinski definition) is 2. The van der Waals surface area contributed by atoms with Gasteiger partial charge in [0.05, 0.1) is 5.56 Å². The number of piperazine rings is 1. The number of thiophene rings is 1. The average molecular weight is 429 g/mol. The molecule has 1 aromatic heterocycles. The highest BCUT2D eigenvalue weighted by Crippen LogP contribution is 2.40. The van der Waals surface area contributed by atoms with E-state index >= 15 is 0 Å². The normalized spacial score (nSPS) is 15.8. The predicted octanol–water partition coefficient (Wildman–Crippen LogP) is 3.20. The summed E-state index contributed by atoms with van der Waals surface area (Å²) >= 11 is 1.67. The molecular weight excluding hydrogens is 406 g/mol. The summed E-state index contributed by atoms with van der Waals surface area (Å²) in [6.45, 7) is 6.23. The Kier molecular flexibility index (Phi) is 6.86. The Bertz CT molecular complexity index is 974. The number of aryl methyl sites for hydroxylation is 1. The number of rotatable bonds is 2. The number of likely N-dealkylation sites (N-methyl/N-ethyl adjacent to an activating group) is 1. The van der Waals surface area contributed by atoms with Crippen LogP contribution in [0.1, 0.15) is 11.1 Å². The van der Waals surface area contributed by atoms with Gasteiger partial charge in [-0.1, -0.05) is 6.07 Å². The molecule has 0 bridgehead atoms. The zero-order valence-corrected chi connectivity index (χ0v) is 17.6. The van der Waals surface area contributed by atoms with Crippen LogP contribution in [0.25, 0.3) is 0 Å². The lowest BCUT2D eigenvalue weighted by Crippen LogP contribution is -2.47. The summed E-state index contributed by atoms with van der Waals surface area (Å²) in [4.78, 5) is 28.8. The van der Waals surface area contributed by atoms with Crippen LogP contribution in [0.15, 0.2) is 46.1 Å². The van der Waals surface area contributed by atoms with Gasteiger partial charge in [0.2, 0.25) is 0 Å². The van der Waals surface area contributed by atoms with Gasteiger partial charge in [-0.2, -0.15) is 0 Å². The zero-order valence-electron chi connectivity index (χ0n) is 16.7. The quantitative estimate of drug-likeness (QED) is 0.707. The van der Waals surface area contributed by atoms with Crippen LogP contribution in [0.2, 0.25) is 0 Å². The summed E-state index contributed by atoms with van der Waals surface area (Å²) in [5.74, 6) is 0.308. The summed E-state index contributed by atoms with van der Waals surface area (Å²) in [7, 11) is 2.17. The van der Waals surface area contributed by atoms with Gasteiger partial charge < -0.3 is 24.7 Å². The van der Waals surface area contributed by atoms with E-state index < -0.39 is 11.9 Å². The Morgan fingerprint density at radius 3 is 2.37 bits per heavy atom. The van der Waals surface area contributed by atoms with E-state index in [9.17, 15) is 9.59 Å². The first-order chi connectivity index (χ1) is 14.3. The van der Waals surface area contributed by atoms with Crippen molar-refractivity contribution in [1.82, 2.24) is 9.80 Å². The van der Waals surface area contributed by atoms with E-state index in [0.29, 0.717) is 12.2 Å². The number of carboxylic acid groups (broad SMARTS) is 2. The second kappa shape index (κ2) is 9.55. The van der Waals surface area contributed by atoms with Crippen LogP contribution >= 0.6 is 11.3 Å². The summed E-state index contributed by atoms with van der Waals surface area (Å²) in [6.07, 6.45) is 1.12. The van der Waals surface area contributed by atoms with Gasteiger partial charge in [-0.25, -0.2) is 14.6 Å². The van der Waals surface area contributed by atoms with Crippen LogP contribution in [0, 0.1) is 6.92 Å². The van der Waals surface area contributed by atoms with Gasteiger partial charge in [0.25, 0.3) is 0 Å². The lowest BCUT2D eigenvalue weighted by molar-refractivity contribution is -0.134. The number of carbonyl (C=O) groups is 2. The number of nitrogens with zero attached hydrogens (tertiary/aromatic N) is 3. The molecule has 0 unspecified atom stereocenters. The van der Waals surface area contributed by atoms with Gasteiger partial charge in [-0.15, -0.1) is 11.3 Å². The van der Waals surface area contributed by atoms with Gasteiger partial charge in [-0.05, 0) is 31.7 Å². The second-order valence-corrected chi connectivity index (χ2v) is 7.70. The summed E-state index contributed by atoms with van der Waals surface area (Å²) < 4.78 is 6.12. The van der Waals surface area contributed by atoms with E-state index in [4.69, 9.17) is 19.9 Å². The first-order valence-corrected chi connectivity index (χ1v) is 10.3. The maximum Gasteiger partial charge on any atom is 0.328 e. The van der Waals surface area contributed by atoms with Gasteiger partial charge in [-0.3, -0.25) is 0 Å². The largest absolute Gasteiger partial charge is 0.478 e. The Morgan fingerprint density at radius 1 is 1.07 bits per heavy atom. The highest BCUT2D eigenvalue weighted by molar-refractivity contribution is 7.08. The smallest absolute Gasteiger partial charge is 0.328 e. The molecule has 8 nitrogen and oxygen atoms in total. The molecule has 2 aliphatic heterocycles. The van der Waals surface area contributed by atoms with Crippen LogP contribution in [-0.2, 0) is 9.59 Å². The topological polar surface area (TPSA) is 103 Å². The van der Waals surface area contributed by atoms with Crippen molar-refractivity contribution in [3.8, 4) is 11.5 Å². The number of carboxylic acids is 2. The monoisotopic (exact) mass is 429 g/mol. The lowest BCUT2D eigenvalue weighted by Gasteiger charge is -2.34. The molecule has 1 fully saturated rings. The number of ether oxygens (including phenoxy) is 1. The zero-order chi connectivity index (χ0) is 21.7. The third-order valence-electron chi connectivity index (χ3n) is 4.60. The molecule has 0 radical (unpaired) electrons. The molecule has 2 aromatic rings. The van der Waals surface area contributed by atoms with E-state index in [1.165, 1.54) is 5.56 Å². The van der Waals surface area contributed by atoms with Crippen molar-refractivity contribution in [3.05, 3.63) is 52.2 Å². The van der Waals surface area contributed by atoms with Crippen LogP contribution in [-0.4, -0.2) is 71.0 Å². The molecule has 2 N–H and O–H groups in total. The number of benzene rings is 1. The molecule has 0 spiro atoms. The van der Waals surface area contributed by atoms with Crippen LogP contribution < -0.4 is 4.74 Å². The van der Waals surface area contributed by atoms with Crippen molar-refractivity contribution >= 4 is 34.8 Å². The maximum atomic E-state index is 9.55. The third kappa shape index (κ3) is 5.46. The average Bonchev–Trinajstić information content (AvgIpc) is 3.09. The van der Waals surface area contributed by atoms with E-state index in [1.807, 2.05) is 0 Å². The standard InChI is InChI=1S/C17H19N3OS.C4H4O4/c1-12-3-4-14-15(9-12)21-16-11-22-10-13(16)17(18-14)20-7-5-19(2)6-8-20;5-3(6)1-2-4(7)8/h3-4,9-11H,5-8H2,1-2H3;1-2H,(H,5,6)(H,7,8)/b;2-1+. The highest BCUT2D eigenvalue weighted by Gasteiger charge is 2.25. The first kappa shape index (κ1) is 21.5. The van der Waals surface area contributed by atoms with Gasteiger partial charge in [0.15, 0.2) is 5.75 Å². The van der Waals surface area contributed by atoms with E-state index in [-0.39, 0.29) is 0 Å². The maximum absolute atomic E-state index is 9.55. The van der Waals surface area contributed by atoms with E-state index in [0.717, 1.165) is 54.8 Å². The minimum Gasteiger partial charge on any atom is -0.478 e. The molecule has 9 heteroatoms. The summed E-state index contributed by atoms with van der Waals surface area (Å²) in [6, 6.07) is 6.20. The Balaban J connectivity index is 0.000000275. The van der Waals surface area contributed by atoms with Crippen molar-refractivity contribution < 1.29 is 24.5 Å². The second-order valence-electron chi connectivity index (χ2n) is 6.96. The fourth-order valence-electron chi connectivity index (χ4n) is 3.02. The minimum absolute atomic E-state index is 0.558. The van der Waals surface area contributed by atoms with Crippen molar-refractivity contribution in [2.24, 2.45) is 4.99 Å². The SMILES string of the molecule is Cc1ccc2c(c1)Oc1cscc1C(N1CCN(C)CC1)=N2.O=C(O)/C=C/C(=O)O. The number of fused-ring (bicyclic) bond motifs is 2. The molecule has 1 aromatic carbocycles. The predicted molar refractivity (Wildman–Crippen MR) is 115 cm³/mol. The molecule has 0 aliphatic carbocycles. The number of aliphatic imine (C=N–C) groups is 1. The molecule has 1 saturated heterocycles. The fraction of sp³-hybridized carbons (Fsp3) is 0.286. The van der Waals surface area contributed by atoms with Gasteiger partial charge >= 0.3 is 11.9 Å². The molecule has 2 aliphatic rings. The van der Waals surface area contributed by atoms with Crippen LogP contribution in [0.5, 0.6) is 11.5 Å². The number of hydrogen-bond acceptors (Lipinski definition) is 7. The minimum atomic E-state index is -1.26. The van der Waals surface area contributed by atoms with Crippen LogP contribution in [0.4, 0.5) is 5.69 Å². The van der Waals surface area contributed by atoms with E-state index in [1.54, 1.807) is 11.3 Å².